The fourth-order valence-corrected chi connectivity index (χ4v) is 2.76. The van der Waals surface area contributed by atoms with Crippen molar-refractivity contribution >= 4 is 11.6 Å². The van der Waals surface area contributed by atoms with E-state index in [4.69, 9.17) is 16.0 Å². The molecule has 0 aliphatic heterocycles. The molecule has 4 heteroatoms. The summed E-state index contributed by atoms with van der Waals surface area (Å²) in [5.74, 6) is 0.795. The molecule has 1 unspecified atom stereocenters. The van der Waals surface area contributed by atoms with Gasteiger partial charge in [-0.1, -0.05) is 17.7 Å². The van der Waals surface area contributed by atoms with Gasteiger partial charge < -0.3 is 9.73 Å². The number of hydrogen-bond donors (Lipinski definition) is 1. The van der Waals surface area contributed by atoms with Crippen molar-refractivity contribution in [2.24, 2.45) is 0 Å². The van der Waals surface area contributed by atoms with Gasteiger partial charge in [0.25, 0.3) is 0 Å². The first-order chi connectivity index (χ1) is 9.24. The largest absolute Gasteiger partial charge is 0.469 e. The topological polar surface area (TPSA) is 25.2 Å². The van der Waals surface area contributed by atoms with Crippen LogP contribution >= 0.6 is 11.6 Å². The summed E-state index contributed by atoms with van der Waals surface area (Å²) in [6.45, 7) is 0.498. The molecule has 1 N–H and O–H groups in total. The number of benzene rings is 1. The Morgan fingerprint density at radius 2 is 2.26 bits per heavy atom. The van der Waals surface area contributed by atoms with Gasteiger partial charge in [0, 0.05) is 35.2 Å². The zero-order valence-corrected chi connectivity index (χ0v) is 11.2. The maximum absolute atomic E-state index is 13.7. The van der Waals surface area contributed by atoms with Crippen molar-refractivity contribution in [2.75, 3.05) is 0 Å². The van der Waals surface area contributed by atoms with Gasteiger partial charge in [-0.3, -0.25) is 0 Å². The Morgan fingerprint density at radius 3 is 3.11 bits per heavy atom. The molecule has 1 aliphatic rings. The van der Waals surface area contributed by atoms with Gasteiger partial charge in [-0.05, 0) is 31.0 Å². The van der Waals surface area contributed by atoms with Crippen LogP contribution in [0.4, 0.5) is 4.39 Å². The number of hydrogen-bond acceptors (Lipinski definition) is 2. The molecule has 100 valence electrons. The highest BCUT2D eigenvalue weighted by Crippen LogP contribution is 2.30. The maximum Gasteiger partial charge on any atom is 0.129 e. The van der Waals surface area contributed by atoms with Crippen molar-refractivity contribution in [1.29, 1.82) is 0 Å². The molecule has 3 rings (SSSR count). The molecule has 2 aromatic rings. The van der Waals surface area contributed by atoms with E-state index < -0.39 is 0 Å². The lowest BCUT2D eigenvalue weighted by Gasteiger charge is -2.23. The molecule has 19 heavy (non-hydrogen) atoms. The number of fused-ring (bicyclic) bond motifs is 1. The number of aryl methyl sites for hydroxylation is 1. The van der Waals surface area contributed by atoms with E-state index in [9.17, 15) is 4.39 Å². The van der Waals surface area contributed by atoms with E-state index in [1.165, 1.54) is 11.6 Å². The molecule has 0 saturated carbocycles. The second kappa shape index (κ2) is 5.35. The molecular formula is C15H15ClFNO. The molecule has 1 atom stereocenters. The van der Waals surface area contributed by atoms with Crippen molar-refractivity contribution in [3.8, 4) is 0 Å². The zero-order valence-electron chi connectivity index (χ0n) is 10.5. The summed E-state index contributed by atoms with van der Waals surface area (Å²) in [5, 5.41) is 3.82. The molecule has 0 saturated heterocycles. The van der Waals surface area contributed by atoms with Crippen LogP contribution < -0.4 is 5.32 Å². The number of rotatable bonds is 3. The summed E-state index contributed by atoms with van der Waals surface area (Å²) in [6.07, 6.45) is 4.88. The Balaban J connectivity index is 1.71. The minimum Gasteiger partial charge on any atom is -0.469 e. The van der Waals surface area contributed by atoms with Crippen LogP contribution in [0.3, 0.4) is 0 Å². The van der Waals surface area contributed by atoms with Crippen molar-refractivity contribution < 1.29 is 8.81 Å². The van der Waals surface area contributed by atoms with Gasteiger partial charge in [-0.2, -0.15) is 0 Å². The van der Waals surface area contributed by atoms with E-state index in [0.29, 0.717) is 17.1 Å². The lowest BCUT2D eigenvalue weighted by Crippen LogP contribution is -2.24. The van der Waals surface area contributed by atoms with Crippen molar-refractivity contribution in [1.82, 2.24) is 5.32 Å². The highest BCUT2D eigenvalue weighted by molar-refractivity contribution is 6.30. The first kappa shape index (κ1) is 12.7. The highest BCUT2D eigenvalue weighted by Gasteiger charge is 2.22. The molecule has 0 amide bonds. The Labute approximate surface area is 116 Å². The summed E-state index contributed by atoms with van der Waals surface area (Å²) in [4.78, 5) is 0. The van der Waals surface area contributed by atoms with Gasteiger partial charge in [0.05, 0.1) is 6.26 Å². The molecule has 1 aromatic carbocycles. The van der Waals surface area contributed by atoms with Crippen molar-refractivity contribution in [3.05, 3.63) is 58.3 Å². The minimum atomic E-state index is -0.261. The SMILES string of the molecule is Fc1cc(Cl)ccc1CNC1CCCc2occc21. The standard InChI is InChI=1S/C15H15ClFNO/c16-11-5-4-10(13(17)8-11)9-18-14-2-1-3-15-12(14)6-7-19-15/h4-8,14,18H,1-3,9H2. The first-order valence-electron chi connectivity index (χ1n) is 6.47. The maximum atomic E-state index is 13.7. The Hall–Kier alpha value is -1.32. The third-order valence-corrected chi connectivity index (χ3v) is 3.84. The third-order valence-electron chi connectivity index (χ3n) is 3.61. The quantitative estimate of drug-likeness (QED) is 0.909. The van der Waals surface area contributed by atoms with Crippen molar-refractivity contribution in [2.45, 2.75) is 31.8 Å². The van der Waals surface area contributed by atoms with E-state index >= 15 is 0 Å². The first-order valence-corrected chi connectivity index (χ1v) is 6.85. The van der Waals surface area contributed by atoms with Crippen molar-refractivity contribution in [3.63, 3.8) is 0 Å². The fraction of sp³-hybridized carbons (Fsp3) is 0.333. The summed E-state index contributed by atoms with van der Waals surface area (Å²) in [5.41, 5.74) is 1.85. The van der Waals surface area contributed by atoms with Crippen LogP contribution in [-0.4, -0.2) is 0 Å². The molecule has 1 aromatic heterocycles. The second-order valence-electron chi connectivity index (χ2n) is 4.86. The van der Waals surface area contributed by atoms with E-state index in [0.717, 1.165) is 25.0 Å². The van der Waals surface area contributed by atoms with Crippen LogP contribution in [0.2, 0.25) is 5.02 Å². The highest BCUT2D eigenvalue weighted by atomic mass is 35.5. The number of halogens is 2. The average molecular weight is 280 g/mol. The number of nitrogens with one attached hydrogen (secondary N) is 1. The summed E-state index contributed by atoms with van der Waals surface area (Å²) >= 11 is 5.75. The summed E-state index contributed by atoms with van der Waals surface area (Å²) in [6, 6.07) is 7.04. The second-order valence-corrected chi connectivity index (χ2v) is 5.30. The minimum absolute atomic E-state index is 0.248. The van der Waals surface area contributed by atoms with Crippen LogP contribution in [0, 0.1) is 5.82 Å². The molecule has 2 nitrogen and oxygen atoms in total. The molecule has 1 heterocycles. The summed E-state index contributed by atoms with van der Waals surface area (Å²) < 4.78 is 19.1. The van der Waals surface area contributed by atoms with E-state index in [1.807, 2.05) is 6.07 Å². The summed E-state index contributed by atoms with van der Waals surface area (Å²) in [7, 11) is 0. The van der Waals surface area contributed by atoms with Crippen LogP contribution in [0.1, 0.15) is 35.8 Å². The van der Waals surface area contributed by atoms with E-state index in [-0.39, 0.29) is 11.9 Å². The van der Waals surface area contributed by atoms with E-state index in [2.05, 4.69) is 5.32 Å². The third kappa shape index (κ3) is 2.67. The Kier molecular flexibility index (Phi) is 3.58. The van der Waals surface area contributed by atoms with Gasteiger partial charge in [0.15, 0.2) is 0 Å². The van der Waals surface area contributed by atoms with Crippen LogP contribution in [0.5, 0.6) is 0 Å². The monoisotopic (exact) mass is 279 g/mol. The van der Waals surface area contributed by atoms with Gasteiger partial charge in [0.2, 0.25) is 0 Å². The lowest BCUT2D eigenvalue weighted by molar-refractivity contribution is 0.408. The normalized spacial score (nSPS) is 18.3. The molecule has 0 radical (unpaired) electrons. The Morgan fingerprint density at radius 1 is 1.37 bits per heavy atom. The smallest absolute Gasteiger partial charge is 0.129 e. The van der Waals surface area contributed by atoms with Crippen LogP contribution in [-0.2, 0) is 13.0 Å². The molecular weight excluding hydrogens is 265 g/mol. The van der Waals surface area contributed by atoms with E-state index in [1.54, 1.807) is 18.4 Å². The van der Waals surface area contributed by atoms with Gasteiger partial charge in [-0.25, -0.2) is 4.39 Å². The zero-order chi connectivity index (χ0) is 13.2. The van der Waals surface area contributed by atoms with Crippen LogP contribution in [0.25, 0.3) is 0 Å². The lowest BCUT2D eigenvalue weighted by atomic mass is 9.93. The molecule has 0 fully saturated rings. The molecule has 0 bridgehead atoms. The predicted octanol–water partition coefficient (Wildman–Crippen LogP) is 4.24. The van der Waals surface area contributed by atoms with Gasteiger partial charge in [-0.15, -0.1) is 0 Å². The average Bonchev–Trinajstić information content (AvgIpc) is 2.86. The number of furan rings is 1. The fourth-order valence-electron chi connectivity index (χ4n) is 2.60. The van der Waals surface area contributed by atoms with Gasteiger partial charge in [0.1, 0.15) is 11.6 Å². The van der Waals surface area contributed by atoms with Crippen LogP contribution in [0.15, 0.2) is 34.9 Å². The predicted molar refractivity (Wildman–Crippen MR) is 72.6 cm³/mol. The Bertz CT molecular complexity index is 581. The van der Waals surface area contributed by atoms with Gasteiger partial charge >= 0.3 is 0 Å². The molecule has 0 spiro atoms. The molecule has 1 aliphatic carbocycles.